The van der Waals surface area contributed by atoms with Crippen LogP contribution < -0.4 is 4.74 Å². The van der Waals surface area contributed by atoms with Crippen LogP contribution in [0.5, 0.6) is 5.75 Å². The molecule has 0 saturated carbocycles. The summed E-state index contributed by atoms with van der Waals surface area (Å²) < 4.78 is 29.1. The fourth-order valence-corrected chi connectivity index (χ4v) is 5.42. The summed E-state index contributed by atoms with van der Waals surface area (Å²) in [5.41, 5.74) is 2.81. The fraction of sp³-hybridized carbons (Fsp3) is 0.455. The van der Waals surface area contributed by atoms with E-state index >= 15 is 0 Å². The molecule has 1 heterocycles. The van der Waals surface area contributed by atoms with Crippen molar-refractivity contribution in [1.29, 1.82) is 0 Å². The van der Waals surface area contributed by atoms with Gasteiger partial charge in [-0.25, -0.2) is 8.42 Å². The zero-order valence-corrected chi connectivity index (χ0v) is 17.8. The van der Waals surface area contributed by atoms with Gasteiger partial charge in [-0.05, 0) is 73.7 Å². The van der Waals surface area contributed by atoms with Crippen molar-refractivity contribution < 1.29 is 13.2 Å². The highest BCUT2D eigenvalue weighted by Crippen LogP contribution is 2.34. The van der Waals surface area contributed by atoms with Gasteiger partial charge >= 0.3 is 0 Å². The number of rotatable bonds is 5. The highest BCUT2D eigenvalue weighted by molar-refractivity contribution is 7.90. The van der Waals surface area contributed by atoms with Crippen LogP contribution in [0.15, 0.2) is 47.4 Å². The minimum Gasteiger partial charge on any atom is -0.493 e. The minimum absolute atomic E-state index is 0.321. The molecule has 28 heavy (non-hydrogen) atoms. The molecule has 1 aliphatic carbocycles. The topological polar surface area (TPSA) is 46.6 Å². The molecule has 2 aromatic rings. The smallest absolute Gasteiger partial charge is 0.175 e. The maximum atomic E-state index is 11.6. The van der Waals surface area contributed by atoms with Crippen molar-refractivity contribution in [1.82, 2.24) is 4.90 Å². The number of sulfone groups is 1. The third kappa shape index (κ3) is 4.22. The third-order valence-corrected chi connectivity index (χ3v) is 7.36. The summed E-state index contributed by atoms with van der Waals surface area (Å²) in [7, 11) is -3.17. The van der Waals surface area contributed by atoms with E-state index in [1.165, 1.54) is 17.4 Å². The number of hydrogen-bond donors (Lipinski definition) is 0. The zero-order valence-electron chi connectivity index (χ0n) is 16.3. The second-order valence-electron chi connectivity index (χ2n) is 8.18. The summed E-state index contributed by atoms with van der Waals surface area (Å²) in [5.74, 6) is 1.21. The normalized spacial score (nSPS) is 25.0. The molecule has 4 nitrogen and oxygen atoms in total. The summed E-state index contributed by atoms with van der Waals surface area (Å²) in [4.78, 5) is 2.94. The van der Waals surface area contributed by atoms with Crippen molar-refractivity contribution in [3.8, 4) is 5.75 Å². The molecule has 0 aromatic heterocycles. The van der Waals surface area contributed by atoms with Gasteiger partial charge in [-0.2, -0.15) is 0 Å². The Bertz CT molecular complexity index is 958. The predicted octanol–water partition coefficient (Wildman–Crippen LogP) is 4.00. The van der Waals surface area contributed by atoms with Crippen molar-refractivity contribution in [2.75, 3.05) is 19.4 Å². The first-order valence-electron chi connectivity index (χ1n) is 9.75. The standard InChI is InChI=1S/C22H26ClNO3S/c1-15-9-16(14-27-21-5-7-22(8-6-21)28(2,25)26)13-24(15)20-11-17-3-4-19(23)10-18(17)12-20/h3-8,10,15-16,20H,9,11-14H2,1-2H3. The summed E-state index contributed by atoms with van der Waals surface area (Å²) in [6.45, 7) is 4.00. The average molecular weight is 420 g/mol. The molecule has 6 heteroatoms. The van der Waals surface area contributed by atoms with Crippen LogP contribution in [0.3, 0.4) is 0 Å². The molecule has 150 valence electrons. The number of likely N-dealkylation sites (tertiary alicyclic amines) is 1. The van der Waals surface area contributed by atoms with Gasteiger partial charge in [0.2, 0.25) is 0 Å². The van der Waals surface area contributed by atoms with Gasteiger partial charge < -0.3 is 4.74 Å². The summed E-state index contributed by atoms with van der Waals surface area (Å²) in [6, 6.07) is 14.0. The van der Waals surface area contributed by atoms with Crippen molar-refractivity contribution in [3.63, 3.8) is 0 Å². The van der Waals surface area contributed by atoms with Gasteiger partial charge in [-0.15, -0.1) is 0 Å². The maximum absolute atomic E-state index is 11.6. The van der Waals surface area contributed by atoms with Crippen molar-refractivity contribution >= 4 is 21.4 Å². The zero-order chi connectivity index (χ0) is 19.9. The summed E-state index contributed by atoms with van der Waals surface area (Å²) >= 11 is 6.15. The second-order valence-corrected chi connectivity index (χ2v) is 10.6. The Hall–Kier alpha value is -1.56. The number of benzene rings is 2. The van der Waals surface area contributed by atoms with Crippen molar-refractivity contribution in [2.24, 2.45) is 5.92 Å². The van der Waals surface area contributed by atoms with Crippen molar-refractivity contribution in [3.05, 3.63) is 58.6 Å². The second kappa shape index (κ2) is 7.69. The van der Waals surface area contributed by atoms with Gasteiger partial charge in [0, 0.05) is 35.8 Å². The monoisotopic (exact) mass is 419 g/mol. The van der Waals surface area contributed by atoms with E-state index in [2.05, 4.69) is 24.0 Å². The van der Waals surface area contributed by atoms with E-state index in [9.17, 15) is 8.42 Å². The first-order valence-corrected chi connectivity index (χ1v) is 12.0. The number of ether oxygens (including phenoxy) is 1. The lowest BCUT2D eigenvalue weighted by Crippen LogP contribution is -2.38. The van der Waals surface area contributed by atoms with Crippen LogP contribution >= 0.6 is 11.6 Å². The Morgan fingerprint density at radius 1 is 1.11 bits per heavy atom. The minimum atomic E-state index is -3.17. The lowest BCUT2D eigenvalue weighted by molar-refractivity contribution is 0.182. The Balaban J connectivity index is 1.33. The molecule has 3 unspecified atom stereocenters. The van der Waals surface area contributed by atoms with Gasteiger partial charge in [0.05, 0.1) is 11.5 Å². The van der Waals surface area contributed by atoms with Crippen LogP contribution in [0.4, 0.5) is 0 Å². The molecule has 0 spiro atoms. The van der Waals surface area contributed by atoms with E-state index in [-0.39, 0.29) is 0 Å². The summed E-state index contributed by atoms with van der Waals surface area (Å²) in [5, 5.41) is 0.821. The first kappa shape index (κ1) is 19.7. The van der Waals surface area contributed by atoms with Gasteiger partial charge in [0.1, 0.15) is 5.75 Å². The third-order valence-electron chi connectivity index (χ3n) is 6.00. The van der Waals surface area contributed by atoms with E-state index in [1.54, 1.807) is 24.3 Å². The lowest BCUT2D eigenvalue weighted by atomic mass is 10.1. The van der Waals surface area contributed by atoms with E-state index in [1.807, 2.05) is 6.07 Å². The average Bonchev–Trinajstić information content (AvgIpc) is 3.22. The molecule has 0 bridgehead atoms. The molecule has 1 aliphatic heterocycles. The molecule has 3 atom stereocenters. The van der Waals surface area contributed by atoms with Crippen LogP contribution in [0, 0.1) is 5.92 Å². The Labute approximate surface area is 172 Å². The highest BCUT2D eigenvalue weighted by Gasteiger charge is 2.36. The van der Waals surface area contributed by atoms with E-state index in [0.717, 1.165) is 36.6 Å². The van der Waals surface area contributed by atoms with E-state index in [0.29, 0.717) is 29.5 Å². The Kier molecular flexibility index (Phi) is 5.43. The van der Waals surface area contributed by atoms with Gasteiger partial charge in [0.25, 0.3) is 0 Å². The molecule has 0 amide bonds. The summed E-state index contributed by atoms with van der Waals surface area (Å²) in [6.07, 6.45) is 4.50. The quantitative estimate of drug-likeness (QED) is 0.734. The van der Waals surface area contributed by atoms with Gasteiger partial charge in [0.15, 0.2) is 9.84 Å². The molecule has 0 radical (unpaired) electrons. The largest absolute Gasteiger partial charge is 0.493 e. The Morgan fingerprint density at radius 2 is 1.82 bits per heavy atom. The fourth-order valence-electron chi connectivity index (χ4n) is 4.60. The van der Waals surface area contributed by atoms with E-state index in [4.69, 9.17) is 16.3 Å². The molecular weight excluding hydrogens is 394 g/mol. The molecule has 0 N–H and O–H groups in total. The van der Waals surface area contributed by atoms with E-state index < -0.39 is 9.84 Å². The molecule has 1 saturated heterocycles. The maximum Gasteiger partial charge on any atom is 0.175 e. The SMILES string of the molecule is CC1CC(COc2ccc(S(C)(=O)=O)cc2)CN1C1Cc2ccc(Cl)cc2C1. The van der Waals surface area contributed by atoms with Crippen LogP contribution in [0.25, 0.3) is 0 Å². The van der Waals surface area contributed by atoms with Gasteiger partial charge in [-0.3, -0.25) is 4.90 Å². The number of hydrogen-bond acceptors (Lipinski definition) is 4. The molecule has 1 fully saturated rings. The van der Waals surface area contributed by atoms with Crippen LogP contribution in [-0.4, -0.2) is 44.8 Å². The van der Waals surface area contributed by atoms with Crippen LogP contribution in [0.1, 0.15) is 24.5 Å². The first-order chi connectivity index (χ1) is 13.3. The van der Waals surface area contributed by atoms with Gasteiger partial charge in [-0.1, -0.05) is 17.7 Å². The number of fused-ring (bicyclic) bond motifs is 1. The van der Waals surface area contributed by atoms with Crippen LogP contribution in [0.2, 0.25) is 5.02 Å². The highest BCUT2D eigenvalue weighted by atomic mass is 35.5. The predicted molar refractivity (Wildman–Crippen MR) is 112 cm³/mol. The molecule has 2 aromatic carbocycles. The van der Waals surface area contributed by atoms with Crippen LogP contribution in [-0.2, 0) is 22.7 Å². The molecular formula is C22H26ClNO3S. The Morgan fingerprint density at radius 3 is 2.54 bits per heavy atom. The number of nitrogens with zero attached hydrogens (tertiary/aromatic N) is 1. The van der Waals surface area contributed by atoms with Crippen molar-refractivity contribution in [2.45, 2.75) is 43.2 Å². The number of halogens is 1. The molecule has 4 rings (SSSR count). The molecule has 2 aliphatic rings. The lowest BCUT2D eigenvalue weighted by Gasteiger charge is -2.28.